The zero-order chi connectivity index (χ0) is 17.1. The molecule has 0 aliphatic rings. The van der Waals surface area contributed by atoms with Crippen LogP contribution in [0.25, 0.3) is 11.3 Å². The topological polar surface area (TPSA) is 140 Å². The highest BCUT2D eigenvalue weighted by Crippen LogP contribution is 2.23. The van der Waals surface area contributed by atoms with Crippen LogP contribution < -0.4 is 11.2 Å². The van der Waals surface area contributed by atoms with Gasteiger partial charge in [0.25, 0.3) is 5.56 Å². The van der Waals surface area contributed by atoms with Gasteiger partial charge in [-0.15, -0.1) is 16.9 Å². The first-order chi connectivity index (χ1) is 11.6. The average Bonchev–Trinajstić information content (AvgIpc) is 3.08. The number of aromatic nitrogens is 5. The molecule has 0 radical (unpaired) electrons. The Morgan fingerprint density at radius 1 is 1.21 bits per heavy atom. The molecule has 3 rings (SSSR count). The molecule has 10 heteroatoms. The summed E-state index contributed by atoms with van der Waals surface area (Å²) in [4.78, 5) is 31.6. The van der Waals surface area contributed by atoms with E-state index in [1.54, 1.807) is 24.6 Å². The van der Waals surface area contributed by atoms with Crippen molar-refractivity contribution in [2.75, 3.05) is 6.26 Å². The van der Waals surface area contributed by atoms with Crippen molar-refractivity contribution in [3.63, 3.8) is 0 Å². The Labute approximate surface area is 138 Å². The van der Waals surface area contributed by atoms with Crippen molar-refractivity contribution in [2.24, 2.45) is 4.99 Å². The molecule has 0 saturated heterocycles. The van der Waals surface area contributed by atoms with Gasteiger partial charge in [0, 0.05) is 5.56 Å². The number of nitrogens with zero attached hydrogens (tertiary/aromatic N) is 3. The first kappa shape index (κ1) is 15.7. The highest BCUT2D eigenvalue weighted by molar-refractivity contribution is 8.13. The molecular weight excluding hydrogens is 332 g/mol. The van der Waals surface area contributed by atoms with E-state index in [4.69, 9.17) is 0 Å². The fourth-order valence-electron chi connectivity index (χ4n) is 2.05. The van der Waals surface area contributed by atoms with E-state index < -0.39 is 17.1 Å². The number of rotatable bonds is 3. The first-order valence-electron chi connectivity index (χ1n) is 6.73. The van der Waals surface area contributed by atoms with Gasteiger partial charge in [0.05, 0.1) is 17.6 Å². The van der Waals surface area contributed by atoms with Gasteiger partial charge in [0.15, 0.2) is 0 Å². The summed E-state index contributed by atoms with van der Waals surface area (Å²) < 4.78 is 0. The number of hydrogen-bond donors (Lipinski definition) is 4. The van der Waals surface area contributed by atoms with Crippen LogP contribution >= 0.6 is 11.8 Å². The molecule has 1 aromatic carbocycles. The molecule has 0 bridgehead atoms. The van der Waals surface area contributed by atoms with Crippen molar-refractivity contribution in [3.8, 4) is 17.1 Å². The Morgan fingerprint density at radius 2 is 1.96 bits per heavy atom. The molecule has 2 aromatic heterocycles. The highest BCUT2D eigenvalue weighted by atomic mass is 32.2. The van der Waals surface area contributed by atoms with E-state index in [0.29, 0.717) is 5.69 Å². The third kappa shape index (κ3) is 3.13. The maximum Gasteiger partial charge on any atom is 0.328 e. The molecule has 3 aromatic rings. The van der Waals surface area contributed by atoms with Gasteiger partial charge in [-0.25, -0.2) is 9.79 Å². The van der Waals surface area contributed by atoms with E-state index in [0.717, 1.165) is 11.3 Å². The van der Waals surface area contributed by atoms with Gasteiger partial charge in [-0.2, -0.15) is 0 Å². The standard InChI is InChI=1S/C14H12N6O3S/c1-24-13(10-11(21)17-14(23)18-12(10)22)16-8-4-2-7(3-5-8)9-6-15-20-19-9/h2-6H,1H3,(H,15,19,20)(H3,17,18,21,22,23)/b16-13-. The molecule has 0 spiro atoms. The predicted octanol–water partition coefficient (Wildman–Crippen LogP) is 0.995. The summed E-state index contributed by atoms with van der Waals surface area (Å²) >= 11 is 1.18. The molecule has 0 aliphatic carbocycles. The van der Waals surface area contributed by atoms with E-state index in [9.17, 15) is 14.7 Å². The number of aromatic amines is 3. The molecule has 9 nitrogen and oxygen atoms in total. The van der Waals surface area contributed by atoms with Gasteiger partial charge >= 0.3 is 5.69 Å². The van der Waals surface area contributed by atoms with E-state index in [1.165, 1.54) is 11.8 Å². The molecule has 0 atom stereocenters. The Kier molecular flexibility index (Phi) is 4.29. The van der Waals surface area contributed by atoms with E-state index in [-0.39, 0.29) is 10.6 Å². The van der Waals surface area contributed by atoms with Crippen molar-refractivity contribution in [1.82, 2.24) is 25.4 Å². The largest absolute Gasteiger partial charge is 0.494 e. The molecule has 122 valence electrons. The highest BCUT2D eigenvalue weighted by Gasteiger charge is 2.15. The number of aliphatic imine (C=N–C) groups is 1. The van der Waals surface area contributed by atoms with Crippen LogP contribution in [0.15, 0.2) is 45.0 Å². The molecular formula is C14H12N6O3S. The van der Waals surface area contributed by atoms with Crippen molar-refractivity contribution in [3.05, 3.63) is 56.9 Å². The zero-order valence-electron chi connectivity index (χ0n) is 12.4. The second-order valence-corrected chi connectivity index (χ2v) is 5.46. The normalized spacial score (nSPS) is 11.6. The minimum atomic E-state index is -0.778. The second-order valence-electron chi connectivity index (χ2n) is 4.67. The Morgan fingerprint density at radius 3 is 2.54 bits per heavy atom. The van der Waals surface area contributed by atoms with Gasteiger partial charge in [0.1, 0.15) is 10.6 Å². The maximum absolute atomic E-state index is 11.9. The molecule has 0 aliphatic heterocycles. The van der Waals surface area contributed by atoms with Gasteiger partial charge in [-0.3, -0.25) is 19.9 Å². The lowest BCUT2D eigenvalue weighted by Gasteiger charge is -2.05. The fraction of sp³-hybridized carbons (Fsp3) is 0.0714. The van der Waals surface area contributed by atoms with Crippen LogP contribution in [-0.4, -0.2) is 41.8 Å². The van der Waals surface area contributed by atoms with Crippen LogP contribution in [-0.2, 0) is 0 Å². The Hall–Kier alpha value is -3.14. The van der Waals surface area contributed by atoms with Crippen LogP contribution in [0.3, 0.4) is 0 Å². The summed E-state index contributed by atoms with van der Waals surface area (Å²) in [5.41, 5.74) is 0.674. The number of nitrogens with one attached hydrogen (secondary N) is 3. The van der Waals surface area contributed by atoms with Crippen LogP contribution in [0.1, 0.15) is 5.56 Å². The van der Waals surface area contributed by atoms with Crippen molar-refractivity contribution < 1.29 is 5.11 Å². The molecule has 0 fully saturated rings. The van der Waals surface area contributed by atoms with Crippen LogP contribution in [0, 0.1) is 0 Å². The lowest BCUT2D eigenvalue weighted by molar-refractivity contribution is 0.447. The lowest BCUT2D eigenvalue weighted by atomic mass is 10.1. The van der Waals surface area contributed by atoms with Crippen LogP contribution in [0.2, 0.25) is 0 Å². The minimum absolute atomic E-state index is 0.0797. The predicted molar refractivity (Wildman–Crippen MR) is 90.9 cm³/mol. The molecule has 0 unspecified atom stereocenters. The second kappa shape index (κ2) is 6.54. The van der Waals surface area contributed by atoms with E-state index >= 15 is 0 Å². The number of thioether (sulfide) groups is 1. The zero-order valence-corrected chi connectivity index (χ0v) is 13.2. The van der Waals surface area contributed by atoms with Crippen molar-refractivity contribution >= 4 is 22.5 Å². The van der Waals surface area contributed by atoms with Crippen LogP contribution in [0.5, 0.6) is 5.88 Å². The fourth-order valence-corrected chi connectivity index (χ4v) is 2.64. The molecule has 4 N–H and O–H groups in total. The smallest absolute Gasteiger partial charge is 0.328 e. The van der Waals surface area contributed by atoms with Gasteiger partial charge in [0.2, 0.25) is 5.88 Å². The third-order valence-electron chi connectivity index (χ3n) is 3.15. The Balaban J connectivity index is 2.00. The summed E-state index contributed by atoms with van der Waals surface area (Å²) in [5, 5.41) is 20.2. The van der Waals surface area contributed by atoms with E-state index in [1.807, 2.05) is 12.1 Å². The molecule has 24 heavy (non-hydrogen) atoms. The number of hydrogen-bond acceptors (Lipinski definition) is 7. The third-order valence-corrected chi connectivity index (χ3v) is 3.84. The Bertz CT molecular complexity index is 989. The summed E-state index contributed by atoms with van der Waals surface area (Å²) in [6.07, 6.45) is 3.32. The average molecular weight is 344 g/mol. The minimum Gasteiger partial charge on any atom is -0.494 e. The maximum atomic E-state index is 11.9. The molecule has 0 saturated carbocycles. The van der Waals surface area contributed by atoms with Gasteiger partial charge < -0.3 is 5.11 Å². The van der Waals surface area contributed by atoms with Crippen molar-refractivity contribution in [1.29, 1.82) is 0 Å². The van der Waals surface area contributed by atoms with Crippen LogP contribution in [0.4, 0.5) is 5.69 Å². The monoisotopic (exact) mass is 344 g/mol. The van der Waals surface area contributed by atoms with Crippen molar-refractivity contribution in [2.45, 2.75) is 0 Å². The molecule has 2 heterocycles. The number of aromatic hydroxyl groups is 1. The summed E-state index contributed by atoms with van der Waals surface area (Å²) in [6.45, 7) is 0. The number of benzene rings is 1. The summed E-state index contributed by atoms with van der Waals surface area (Å²) in [7, 11) is 0. The SMILES string of the molecule is CS/C(=N\c1ccc(-c2cnn[nH]2)cc1)c1c(O)[nH]c(=O)[nH]c1=O. The lowest BCUT2D eigenvalue weighted by Crippen LogP contribution is -2.26. The molecule has 0 amide bonds. The van der Waals surface area contributed by atoms with E-state index in [2.05, 4.69) is 30.4 Å². The van der Waals surface area contributed by atoms with Gasteiger partial charge in [-0.05, 0) is 18.4 Å². The van der Waals surface area contributed by atoms with Gasteiger partial charge in [-0.1, -0.05) is 17.3 Å². The quantitative estimate of drug-likeness (QED) is 0.413. The first-order valence-corrected chi connectivity index (χ1v) is 7.96. The number of H-pyrrole nitrogens is 3. The summed E-state index contributed by atoms with van der Waals surface area (Å²) in [6, 6.07) is 7.15. The summed E-state index contributed by atoms with van der Waals surface area (Å²) in [5.74, 6) is -0.517.